The zero-order valence-corrected chi connectivity index (χ0v) is 13.3. The van der Waals surface area contributed by atoms with Gasteiger partial charge in [-0.05, 0) is 46.5 Å². The van der Waals surface area contributed by atoms with Gasteiger partial charge in [-0.15, -0.1) is 0 Å². The predicted octanol–water partition coefficient (Wildman–Crippen LogP) is 2.03. The summed E-state index contributed by atoms with van der Waals surface area (Å²) in [6.07, 6.45) is 3.26. The van der Waals surface area contributed by atoms with E-state index in [-0.39, 0.29) is 0 Å². The molecule has 4 nitrogen and oxygen atoms in total. The van der Waals surface area contributed by atoms with Crippen LogP contribution in [0.1, 0.15) is 31.5 Å². The molecule has 112 valence electrons. The highest BCUT2D eigenvalue weighted by atomic mass is 15.2. The first-order chi connectivity index (χ1) is 9.61. The molecule has 1 N–H and O–H groups in total. The fourth-order valence-electron chi connectivity index (χ4n) is 2.97. The van der Waals surface area contributed by atoms with Crippen LogP contribution < -0.4 is 10.2 Å². The summed E-state index contributed by atoms with van der Waals surface area (Å²) in [5, 5.41) is 3.43. The van der Waals surface area contributed by atoms with Crippen LogP contribution in [0.5, 0.6) is 0 Å². The lowest BCUT2D eigenvalue weighted by molar-refractivity contribution is 0.337. The molecule has 0 aliphatic carbocycles. The Morgan fingerprint density at radius 2 is 2.20 bits per heavy atom. The summed E-state index contributed by atoms with van der Waals surface area (Å²) >= 11 is 0. The van der Waals surface area contributed by atoms with Crippen molar-refractivity contribution in [2.45, 2.75) is 39.8 Å². The van der Waals surface area contributed by atoms with E-state index < -0.39 is 0 Å². The number of anilines is 1. The van der Waals surface area contributed by atoms with Gasteiger partial charge in [0.1, 0.15) is 0 Å². The third kappa shape index (κ3) is 3.70. The summed E-state index contributed by atoms with van der Waals surface area (Å²) in [6.45, 7) is 11.9. The van der Waals surface area contributed by atoms with E-state index in [4.69, 9.17) is 0 Å². The van der Waals surface area contributed by atoms with Crippen molar-refractivity contribution in [2.75, 3.05) is 38.1 Å². The largest absolute Gasteiger partial charge is 0.367 e. The van der Waals surface area contributed by atoms with Gasteiger partial charge in [0.2, 0.25) is 0 Å². The van der Waals surface area contributed by atoms with Gasteiger partial charge < -0.3 is 15.1 Å². The lowest BCUT2D eigenvalue weighted by Gasteiger charge is -2.32. The summed E-state index contributed by atoms with van der Waals surface area (Å²) in [5.74, 6) is 0. The lowest BCUT2D eigenvalue weighted by atomic mass is 10.1. The highest BCUT2D eigenvalue weighted by Crippen LogP contribution is 2.25. The molecule has 2 rings (SSSR count). The first-order valence-corrected chi connectivity index (χ1v) is 7.73. The zero-order valence-electron chi connectivity index (χ0n) is 13.3. The maximum Gasteiger partial charge on any atom is 0.0448 e. The Bertz CT molecular complexity index is 432. The van der Waals surface area contributed by atoms with Gasteiger partial charge >= 0.3 is 0 Å². The molecule has 0 amide bonds. The summed E-state index contributed by atoms with van der Waals surface area (Å²) in [7, 11) is 2.22. The average molecular weight is 276 g/mol. The molecule has 0 aromatic carbocycles. The standard InChI is InChI=1S/C16H28N4/c1-5-17-10-15-11-18-13(2)9-16(15)20-8-6-7-19(4)12-14(20)3/h9,11,14,17H,5-8,10,12H2,1-4H3. The average Bonchev–Trinajstić information content (AvgIpc) is 2.58. The van der Waals surface area contributed by atoms with E-state index in [1.807, 2.05) is 6.20 Å². The van der Waals surface area contributed by atoms with Gasteiger partial charge in [-0.3, -0.25) is 4.98 Å². The Hall–Kier alpha value is -1.13. The molecule has 1 atom stereocenters. The fraction of sp³-hybridized carbons (Fsp3) is 0.688. The molecule has 0 saturated carbocycles. The monoisotopic (exact) mass is 276 g/mol. The molecule has 1 fully saturated rings. The SMILES string of the molecule is CCNCc1cnc(C)cc1N1CCCN(C)CC1C. The van der Waals surface area contributed by atoms with Crippen molar-refractivity contribution in [3.8, 4) is 0 Å². The summed E-state index contributed by atoms with van der Waals surface area (Å²) in [5.41, 5.74) is 3.78. The van der Waals surface area contributed by atoms with Crippen molar-refractivity contribution in [1.29, 1.82) is 0 Å². The van der Waals surface area contributed by atoms with Gasteiger partial charge in [0, 0.05) is 48.8 Å². The molecular formula is C16H28N4. The van der Waals surface area contributed by atoms with Crippen molar-refractivity contribution < 1.29 is 0 Å². The normalized spacial score (nSPS) is 21.0. The first kappa shape index (κ1) is 15.3. The van der Waals surface area contributed by atoms with Crippen LogP contribution in [0.15, 0.2) is 12.3 Å². The quantitative estimate of drug-likeness (QED) is 0.912. The maximum atomic E-state index is 4.47. The number of aromatic nitrogens is 1. The van der Waals surface area contributed by atoms with Crippen LogP contribution >= 0.6 is 0 Å². The Morgan fingerprint density at radius 3 is 2.95 bits per heavy atom. The molecular weight excluding hydrogens is 248 g/mol. The van der Waals surface area contributed by atoms with E-state index in [2.05, 4.69) is 54.0 Å². The van der Waals surface area contributed by atoms with Gasteiger partial charge in [-0.1, -0.05) is 6.92 Å². The van der Waals surface area contributed by atoms with Crippen LogP contribution in [0.2, 0.25) is 0 Å². The molecule has 1 aliphatic heterocycles. The third-order valence-corrected chi connectivity index (χ3v) is 4.02. The Labute approximate surface area is 123 Å². The number of aryl methyl sites for hydroxylation is 1. The van der Waals surface area contributed by atoms with Crippen molar-refractivity contribution in [3.63, 3.8) is 0 Å². The number of likely N-dealkylation sites (N-methyl/N-ethyl adjacent to an activating group) is 1. The molecule has 20 heavy (non-hydrogen) atoms. The first-order valence-electron chi connectivity index (χ1n) is 7.73. The van der Waals surface area contributed by atoms with E-state index in [0.29, 0.717) is 6.04 Å². The van der Waals surface area contributed by atoms with E-state index in [0.717, 1.165) is 31.9 Å². The zero-order chi connectivity index (χ0) is 14.5. The van der Waals surface area contributed by atoms with Crippen LogP contribution in [-0.4, -0.2) is 49.2 Å². The lowest BCUT2D eigenvalue weighted by Crippen LogP contribution is -2.38. The molecule has 0 spiro atoms. The third-order valence-electron chi connectivity index (χ3n) is 4.02. The minimum atomic E-state index is 0.546. The molecule has 1 saturated heterocycles. The minimum absolute atomic E-state index is 0.546. The topological polar surface area (TPSA) is 31.4 Å². The molecule has 1 aromatic heterocycles. The van der Waals surface area contributed by atoms with Crippen LogP contribution in [0.3, 0.4) is 0 Å². The fourth-order valence-corrected chi connectivity index (χ4v) is 2.97. The van der Waals surface area contributed by atoms with E-state index in [1.54, 1.807) is 0 Å². The van der Waals surface area contributed by atoms with E-state index in [1.165, 1.54) is 24.2 Å². The summed E-state index contributed by atoms with van der Waals surface area (Å²) in [6, 6.07) is 2.79. The van der Waals surface area contributed by atoms with Gasteiger partial charge in [0.25, 0.3) is 0 Å². The smallest absolute Gasteiger partial charge is 0.0448 e. The number of nitrogens with one attached hydrogen (secondary N) is 1. The van der Waals surface area contributed by atoms with Gasteiger partial charge in [0.05, 0.1) is 0 Å². The van der Waals surface area contributed by atoms with Crippen molar-refractivity contribution in [2.24, 2.45) is 0 Å². The van der Waals surface area contributed by atoms with Crippen molar-refractivity contribution >= 4 is 5.69 Å². The number of rotatable bonds is 4. The van der Waals surface area contributed by atoms with E-state index in [9.17, 15) is 0 Å². The van der Waals surface area contributed by atoms with Crippen LogP contribution in [-0.2, 0) is 6.54 Å². The minimum Gasteiger partial charge on any atom is -0.367 e. The Kier molecular flexibility index (Phi) is 5.38. The Morgan fingerprint density at radius 1 is 1.40 bits per heavy atom. The van der Waals surface area contributed by atoms with Crippen LogP contribution in [0.25, 0.3) is 0 Å². The maximum absolute atomic E-state index is 4.47. The van der Waals surface area contributed by atoms with E-state index >= 15 is 0 Å². The number of nitrogens with zero attached hydrogens (tertiary/aromatic N) is 3. The second-order valence-corrected chi connectivity index (χ2v) is 5.89. The second-order valence-electron chi connectivity index (χ2n) is 5.89. The molecule has 2 heterocycles. The van der Waals surface area contributed by atoms with Crippen molar-refractivity contribution in [1.82, 2.24) is 15.2 Å². The molecule has 1 aliphatic rings. The second kappa shape index (κ2) is 7.04. The van der Waals surface area contributed by atoms with Gasteiger partial charge in [-0.2, -0.15) is 0 Å². The molecule has 0 bridgehead atoms. The number of hydrogen-bond acceptors (Lipinski definition) is 4. The summed E-state index contributed by atoms with van der Waals surface area (Å²) < 4.78 is 0. The van der Waals surface area contributed by atoms with Crippen LogP contribution in [0.4, 0.5) is 5.69 Å². The van der Waals surface area contributed by atoms with Gasteiger partial charge in [0.15, 0.2) is 0 Å². The highest BCUT2D eigenvalue weighted by molar-refractivity contribution is 5.54. The predicted molar refractivity (Wildman–Crippen MR) is 85.3 cm³/mol. The van der Waals surface area contributed by atoms with Gasteiger partial charge in [-0.25, -0.2) is 0 Å². The molecule has 1 unspecified atom stereocenters. The number of pyridine rings is 1. The van der Waals surface area contributed by atoms with Crippen molar-refractivity contribution in [3.05, 3.63) is 23.5 Å². The van der Waals surface area contributed by atoms with Crippen LogP contribution in [0, 0.1) is 6.92 Å². The molecule has 0 radical (unpaired) electrons. The Balaban J connectivity index is 2.26. The molecule has 1 aromatic rings. The highest BCUT2D eigenvalue weighted by Gasteiger charge is 2.22. The number of hydrogen-bond donors (Lipinski definition) is 1. The summed E-state index contributed by atoms with van der Waals surface area (Å²) in [4.78, 5) is 9.47. The molecule has 4 heteroatoms.